The highest BCUT2D eigenvalue weighted by molar-refractivity contribution is 5.93. The van der Waals surface area contributed by atoms with E-state index in [1.165, 1.54) is 11.9 Å². The number of H-pyrrole nitrogens is 1. The third-order valence-corrected chi connectivity index (χ3v) is 4.10. The molecule has 0 saturated heterocycles. The molecule has 7 nitrogen and oxygen atoms in total. The Balaban J connectivity index is 1.61. The van der Waals surface area contributed by atoms with Gasteiger partial charge in [-0.2, -0.15) is 0 Å². The Morgan fingerprint density at radius 3 is 3.04 bits per heavy atom. The van der Waals surface area contributed by atoms with Gasteiger partial charge < -0.3 is 15.6 Å². The molecule has 7 heteroatoms. The quantitative estimate of drug-likeness (QED) is 0.690. The SMILES string of the molecule is C[C@@H](Nc1ncnc2nc[nH]c12)c1ccc2c(c1)CCC(=O)N2. The zero-order valence-corrected chi connectivity index (χ0v) is 12.6. The fraction of sp³-hybridized carbons (Fsp3) is 0.250. The maximum Gasteiger partial charge on any atom is 0.224 e. The van der Waals surface area contributed by atoms with Gasteiger partial charge in [-0.25, -0.2) is 15.0 Å². The van der Waals surface area contributed by atoms with Crippen LogP contribution in [0.4, 0.5) is 11.5 Å². The smallest absolute Gasteiger partial charge is 0.224 e. The molecule has 3 aromatic rings. The van der Waals surface area contributed by atoms with E-state index in [0.29, 0.717) is 12.1 Å². The molecule has 2 aromatic heterocycles. The average molecular weight is 308 g/mol. The third kappa shape index (κ3) is 2.50. The molecule has 1 aliphatic heterocycles. The van der Waals surface area contributed by atoms with Crippen molar-refractivity contribution in [2.75, 3.05) is 10.6 Å². The van der Waals surface area contributed by atoms with Crippen LogP contribution in [0.5, 0.6) is 0 Å². The highest BCUT2D eigenvalue weighted by Gasteiger charge is 2.17. The zero-order chi connectivity index (χ0) is 15.8. The van der Waals surface area contributed by atoms with Crippen molar-refractivity contribution in [2.45, 2.75) is 25.8 Å². The molecular weight excluding hydrogens is 292 g/mol. The van der Waals surface area contributed by atoms with Crippen LogP contribution in [-0.2, 0) is 11.2 Å². The van der Waals surface area contributed by atoms with Crippen LogP contribution in [0.3, 0.4) is 0 Å². The number of nitrogens with zero attached hydrogens (tertiary/aromatic N) is 3. The fourth-order valence-corrected chi connectivity index (χ4v) is 2.84. The number of fused-ring (bicyclic) bond motifs is 2. The number of amides is 1. The largest absolute Gasteiger partial charge is 0.362 e. The molecule has 1 aliphatic rings. The van der Waals surface area contributed by atoms with Gasteiger partial charge in [0.1, 0.15) is 11.8 Å². The van der Waals surface area contributed by atoms with Crippen molar-refractivity contribution < 1.29 is 4.79 Å². The third-order valence-electron chi connectivity index (χ3n) is 4.10. The molecule has 0 bridgehead atoms. The van der Waals surface area contributed by atoms with Gasteiger partial charge in [0.15, 0.2) is 11.5 Å². The number of carbonyl (C=O) groups is 1. The van der Waals surface area contributed by atoms with E-state index in [1.807, 2.05) is 12.1 Å². The number of imidazole rings is 1. The molecule has 0 spiro atoms. The summed E-state index contributed by atoms with van der Waals surface area (Å²) in [5.41, 5.74) is 4.67. The van der Waals surface area contributed by atoms with Gasteiger partial charge in [-0.3, -0.25) is 4.79 Å². The molecule has 4 rings (SSSR count). The Labute approximate surface area is 132 Å². The summed E-state index contributed by atoms with van der Waals surface area (Å²) in [6, 6.07) is 6.19. The topological polar surface area (TPSA) is 95.6 Å². The van der Waals surface area contributed by atoms with Gasteiger partial charge in [-0.15, -0.1) is 0 Å². The number of nitrogens with one attached hydrogen (secondary N) is 3. The lowest BCUT2D eigenvalue weighted by Gasteiger charge is -2.20. The molecule has 0 unspecified atom stereocenters. The van der Waals surface area contributed by atoms with E-state index >= 15 is 0 Å². The molecule has 1 atom stereocenters. The molecule has 0 radical (unpaired) electrons. The molecule has 0 fully saturated rings. The molecular formula is C16H16N6O. The first kappa shape index (κ1) is 13.7. The number of rotatable bonds is 3. The maximum atomic E-state index is 11.4. The van der Waals surface area contributed by atoms with Crippen molar-refractivity contribution in [1.29, 1.82) is 0 Å². The number of hydrogen-bond donors (Lipinski definition) is 3. The van der Waals surface area contributed by atoms with E-state index in [9.17, 15) is 4.79 Å². The van der Waals surface area contributed by atoms with Crippen molar-refractivity contribution in [2.24, 2.45) is 0 Å². The van der Waals surface area contributed by atoms with Crippen LogP contribution in [-0.4, -0.2) is 25.8 Å². The second kappa shape index (κ2) is 5.35. The summed E-state index contributed by atoms with van der Waals surface area (Å²) in [5, 5.41) is 6.30. The van der Waals surface area contributed by atoms with E-state index < -0.39 is 0 Å². The Hall–Kier alpha value is -2.96. The predicted molar refractivity (Wildman–Crippen MR) is 87.1 cm³/mol. The highest BCUT2D eigenvalue weighted by atomic mass is 16.1. The standard InChI is InChI=1S/C16H16N6O/c1-9(21-16-14-15(18-7-17-14)19-8-20-16)10-2-4-12-11(6-10)3-5-13(23)22-12/h2,4,6-9H,3,5H2,1H3,(H,22,23)(H2,17,18,19,20,21)/t9-/m1/s1. The Morgan fingerprint density at radius 2 is 2.13 bits per heavy atom. The number of anilines is 2. The minimum atomic E-state index is 0.0688. The highest BCUT2D eigenvalue weighted by Crippen LogP contribution is 2.28. The van der Waals surface area contributed by atoms with Crippen LogP contribution in [0.1, 0.15) is 30.5 Å². The Morgan fingerprint density at radius 1 is 1.22 bits per heavy atom. The first-order valence-electron chi connectivity index (χ1n) is 7.54. The number of aromatic nitrogens is 4. The monoisotopic (exact) mass is 308 g/mol. The summed E-state index contributed by atoms with van der Waals surface area (Å²) in [4.78, 5) is 27.0. The van der Waals surface area contributed by atoms with E-state index in [-0.39, 0.29) is 11.9 Å². The summed E-state index contributed by atoms with van der Waals surface area (Å²) < 4.78 is 0. The van der Waals surface area contributed by atoms with Gasteiger partial charge in [0.2, 0.25) is 5.91 Å². The predicted octanol–water partition coefficient (Wildman–Crippen LogP) is 2.41. The first-order valence-corrected chi connectivity index (χ1v) is 7.54. The van der Waals surface area contributed by atoms with Crippen molar-refractivity contribution >= 4 is 28.6 Å². The van der Waals surface area contributed by atoms with Crippen LogP contribution in [0.15, 0.2) is 30.9 Å². The fourth-order valence-electron chi connectivity index (χ4n) is 2.84. The van der Waals surface area contributed by atoms with Crippen LogP contribution in [0.2, 0.25) is 0 Å². The van der Waals surface area contributed by atoms with Crippen molar-refractivity contribution in [1.82, 2.24) is 19.9 Å². The summed E-state index contributed by atoms with van der Waals surface area (Å²) in [7, 11) is 0. The summed E-state index contributed by atoms with van der Waals surface area (Å²) >= 11 is 0. The minimum Gasteiger partial charge on any atom is -0.362 e. The lowest BCUT2D eigenvalue weighted by Crippen LogP contribution is -2.19. The number of aryl methyl sites for hydroxylation is 1. The molecule has 1 aromatic carbocycles. The second-order valence-electron chi connectivity index (χ2n) is 5.65. The van der Waals surface area contributed by atoms with E-state index in [2.05, 4.69) is 43.6 Å². The summed E-state index contributed by atoms with van der Waals surface area (Å²) in [6.07, 6.45) is 4.43. The van der Waals surface area contributed by atoms with Crippen LogP contribution in [0.25, 0.3) is 11.2 Å². The number of aromatic amines is 1. The summed E-state index contributed by atoms with van der Waals surface area (Å²) in [6.45, 7) is 2.08. The Kier molecular flexibility index (Phi) is 3.18. The van der Waals surface area contributed by atoms with Gasteiger partial charge in [0.25, 0.3) is 0 Å². The molecule has 1 amide bonds. The average Bonchev–Trinajstić information content (AvgIpc) is 3.04. The van der Waals surface area contributed by atoms with Crippen molar-refractivity contribution in [3.8, 4) is 0 Å². The van der Waals surface area contributed by atoms with Crippen LogP contribution >= 0.6 is 0 Å². The molecule has 3 heterocycles. The van der Waals surface area contributed by atoms with Gasteiger partial charge >= 0.3 is 0 Å². The molecule has 0 saturated carbocycles. The van der Waals surface area contributed by atoms with Gasteiger partial charge in [0, 0.05) is 12.1 Å². The van der Waals surface area contributed by atoms with Crippen molar-refractivity contribution in [3.05, 3.63) is 42.0 Å². The second-order valence-corrected chi connectivity index (χ2v) is 5.65. The van der Waals surface area contributed by atoms with Crippen LogP contribution < -0.4 is 10.6 Å². The van der Waals surface area contributed by atoms with Gasteiger partial charge in [-0.1, -0.05) is 12.1 Å². The zero-order valence-electron chi connectivity index (χ0n) is 12.6. The lowest BCUT2D eigenvalue weighted by molar-refractivity contribution is -0.116. The van der Waals surface area contributed by atoms with E-state index in [4.69, 9.17) is 0 Å². The van der Waals surface area contributed by atoms with Gasteiger partial charge in [-0.05, 0) is 30.5 Å². The molecule has 116 valence electrons. The summed E-state index contributed by atoms with van der Waals surface area (Å²) in [5.74, 6) is 0.810. The van der Waals surface area contributed by atoms with Crippen molar-refractivity contribution in [3.63, 3.8) is 0 Å². The molecule has 23 heavy (non-hydrogen) atoms. The number of carbonyl (C=O) groups excluding carboxylic acids is 1. The lowest BCUT2D eigenvalue weighted by atomic mass is 9.98. The number of benzene rings is 1. The van der Waals surface area contributed by atoms with Crippen LogP contribution in [0, 0.1) is 0 Å². The Bertz CT molecular complexity index is 887. The first-order chi connectivity index (χ1) is 11.2. The maximum absolute atomic E-state index is 11.4. The molecule has 0 aliphatic carbocycles. The van der Waals surface area contributed by atoms with E-state index in [1.54, 1.807) is 6.33 Å². The van der Waals surface area contributed by atoms with E-state index in [0.717, 1.165) is 29.0 Å². The minimum absolute atomic E-state index is 0.0688. The number of hydrogen-bond acceptors (Lipinski definition) is 5. The normalized spacial score (nSPS) is 15.1. The van der Waals surface area contributed by atoms with Gasteiger partial charge in [0.05, 0.1) is 12.4 Å². The molecule has 3 N–H and O–H groups in total.